The molecule has 3 nitrogen and oxygen atoms in total. The van der Waals surface area contributed by atoms with Gasteiger partial charge in [0.25, 0.3) is 0 Å². The van der Waals surface area contributed by atoms with E-state index >= 15 is 0 Å². The van der Waals surface area contributed by atoms with E-state index in [-0.39, 0.29) is 19.0 Å². The summed E-state index contributed by atoms with van der Waals surface area (Å²) in [5, 5.41) is 8.78. The quantitative estimate of drug-likeness (QED) is 0.425. The van der Waals surface area contributed by atoms with Crippen LogP contribution in [0.1, 0.15) is 42.5 Å². The second kappa shape index (κ2) is 12.3. The fourth-order valence-electron chi connectivity index (χ4n) is 3.11. The molecule has 0 bridgehead atoms. The third-order valence-corrected chi connectivity index (χ3v) is 5.03. The van der Waals surface area contributed by atoms with Crippen molar-refractivity contribution in [2.75, 3.05) is 13.2 Å². The van der Waals surface area contributed by atoms with Crippen LogP contribution in [0.15, 0.2) is 72.8 Å². The highest BCUT2D eigenvalue weighted by Crippen LogP contribution is 2.20. The molecule has 3 aromatic carbocycles. The number of hydrogen-bond donors (Lipinski definition) is 1. The number of hydrogen-bond acceptors (Lipinski definition) is 3. The van der Waals surface area contributed by atoms with Gasteiger partial charge in [-0.15, -0.1) is 0 Å². The van der Waals surface area contributed by atoms with E-state index in [0.717, 1.165) is 39.8 Å². The molecule has 0 aliphatic heterocycles. The molecule has 0 aromatic heterocycles. The number of carbonyl (C=O) groups is 1. The van der Waals surface area contributed by atoms with E-state index in [2.05, 4.69) is 37.5 Å². The minimum atomic E-state index is -0.192. The topological polar surface area (TPSA) is 46.5 Å². The van der Waals surface area contributed by atoms with E-state index in [1.54, 1.807) is 0 Å². The number of aliphatic hydroxyl groups is 1. The molecule has 0 saturated heterocycles. The van der Waals surface area contributed by atoms with Gasteiger partial charge in [-0.2, -0.15) is 0 Å². The lowest BCUT2D eigenvalue weighted by Gasteiger charge is -2.06. The van der Waals surface area contributed by atoms with Gasteiger partial charge in [-0.25, -0.2) is 0 Å². The van der Waals surface area contributed by atoms with E-state index in [0.29, 0.717) is 12.5 Å². The Bertz CT molecular complexity index is 1160. The largest absolute Gasteiger partial charge is 0.465 e. The van der Waals surface area contributed by atoms with Crippen LogP contribution in [0.25, 0.3) is 11.1 Å². The molecule has 0 heterocycles. The lowest BCUT2D eigenvalue weighted by Crippen LogP contribution is -2.10. The van der Waals surface area contributed by atoms with E-state index in [1.807, 2.05) is 72.8 Å². The molecule has 0 atom stereocenters. The monoisotopic (exact) mass is 436 g/mol. The highest BCUT2D eigenvalue weighted by Gasteiger charge is 2.05. The summed E-state index contributed by atoms with van der Waals surface area (Å²) in [6.07, 6.45) is 1.16. The normalized spacial score (nSPS) is 10.1. The second-order valence-corrected chi connectivity index (χ2v) is 8.14. The molecule has 0 saturated carbocycles. The van der Waals surface area contributed by atoms with Crippen LogP contribution in [0.5, 0.6) is 0 Å². The maximum atomic E-state index is 11.9. The molecule has 0 amide bonds. The number of aliphatic hydroxyl groups excluding tert-OH is 1. The summed E-state index contributed by atoms with van der Waals surface area (Å²) < 4.78 is 5.27. The second-order valence-electron chi connectivity index (χ2n) is 8.14. The number of carbonyl (C=O) groups excluding carboxylic acids is 1. The third-order valence-electron chi connectivity index (χ3n) is 5.03. The highest BCUT2D eigenvalue weighted by molar-refractivity contribution is 5.72. The van der Waals surface area contributed by atoms with Crippen LogP contribution in [0.3, 0.4) is 0 Å². The molecule has 0 spiro atoms. The van der Waals surface area contributed by atoms with Crippen molar-refractivity contribution in [1.82, 2.24) is 0 Å². The van der Waals surface area contributed by atoms with Crippen LogP contribution in [-0.4, -0.2) is 24.3 Å². The van der Waals surface area contributed by atoms with Gasteiger partial charge in [0.1, 0.15) is 6.61 Å². The van der Waals surface area contributed by atoms with Crippen LogP contribution in [0.4, 0.5) is 0 Å². The van der Waals surface area contributed by atoms with E-state index < -0.39 is 0 Å². The van der Waals surface area contributed by atoms with Gasteiger partial charge in [-0.1, -0.05) is 73.9 Å². The summed E-state index contributed by atoms with van der Waals surface area (Å²) >= 11 is 0. The molecule has 33 heavy (non-hydrogen) atoms. The first-order valence-corrected chi connectivity index (χ1v) is 11.1. The van der Waals surface area contributed by atoms with Crippen molar-refractivity contribution in [2.45, 2.75) is 26.7 Å². The maximum absolute atomic E-state index is 11.9. The van der Waals surface area contributed by atoms with Crippen molar-refractivity contribution in [1.29, 1.82) is 0 Å². The minimum absolute atomic E-state index is 0.137. The number of esters is 1. The van der Waals surface area contributed by atoms with Gasteiger partial charge in [0, 0.05) is 16.7 Å². The standard InChI is InChI=1S/C30H28O3/c1-23(2)19-21-33-30(32)22-27-9-7-25(8-10-27)5-6-26-13-17-29(18-14-26)28-15-11-24(12-16-28)4-3-20-31/h7-18,23,31H,19-22H2,1-2H3. The SMILES string of the molecule is CC(C)CCOC(=O)Cc1ccc(C#Cc2ccc(-c3ccc(C#CCO)cc3)cc2)cc1. The summed E-state index contributed by atoms with van der Waals surface area (Å²) in [6.45, 7) is 4.56. The molecule has 0 aliphatic rings. The van der Waals surface area contributed by atoms with Crippen molar-refractivity contribution in [2.24, 2.45) is 5.92 Å². The first-order chi connectivity index (χ1) is 16.0. The molecule has 1 N–H and O–H groups in total. The Morgan fingerprint density at radius 2 is 1.27 bits per heavy atom. The van der Waals surface area contributed by atoms with Gasteiger partial charge in [0.15, 0.2) is 0 Å². The number of benzene rings is 3. The van der Waals surface area contributed by atoms with E-state index in [1.165, 1.54) is 0 Å². The Kier molecular flexibility index (Phi) is 8.89. The number of ether oxygens (including phenoxy) is 1. The minimum Gasteiger partial charge on any atom is -0.465 e. The highest BCUT2D eigenvalue weighted by atomic mass is 16.5. The molecular weight excluding hydrogens is 408 g/mol. The average molecular weight is 437 g/mol. The van der Waals surface area contributed by atoms with Crippen molar-refractivity contribution >= 4 is 5.97 Å². The Balaban J connectivity index is 1.57. The van der Waals surface area contributed by atoms with Crippen LogP contribution >= 0.6 is 0 Å². The molecular formula is C30H28O3. The van der Waals surface area contributed by atoms with Crippen LogP contribution in [0, 0.1) is 29.6 Å². The Morgan fingerprint density at radius 1 is 0.788 bits per heavy atom. The fourth-order valence-corrected chi connectivity index (χ4v) is 3.11. The maximum Gasteiger partial charge on any atom is 0.310 e. The third kappa shape index (κ3) is 8.00. The zero-order valence-electron chi connectivity index (χ0n) is 19.1. The molecule has 3 heteroatoms. The van der Waals surface area contributed by atoms with Gasteiger partial charge in [0.05, 0.1) is 13.0 Å². The summed E-state index contributed by atoms with van der Waals surface area (Å²) in [7, 11) is 0. The van der Waals surface area contributed by atoms with Crippen LogP contribution < -0.4 is 0 Å². The lowest BCUT2D eigenvalue weighted by molar-refractivity contribution is -0.143. The average Bonchev–Trinajstić information content (AvgIpc) is 2.83. The van der Waals surface area contributed by atoms with E-state index in [9.17, 15) is 4.79 Å². The molecule has 166 valence electrons. The fraction of sp³-hybridized carbons (Fsp3) is 0.233. The lowest BCUT2D eigenvalue weighted by atomic mass is 10.0. The Labute approximate surface area is 196 Å². The van der Waals surface area contributed by atoms with Crippen LogP contribution in [0.2, 0.25) is 0 Å². The van der Waals surface area contributed by atoms with Crippen molar-refractivity contribution < 1.29 is 14.6 Å². The summed E-state index contributed by atoms with van der Waals surface area (Å²) in [6, 6.07) is 23.7. The molecule has 0 fully saturated rings. The molecule has 0 aliphatic carbocycles. The van der Waals surface area contributed by atoms with Gasteiger partial charge >= 0.3 is 5.97 Å². The Morgan fingerprint density at radius 3 is 1.76 bits per heavy atom. The zero-order chi connectivity index (χ0) is 23.5. The van der Waals surface area contributed by atoms with Gasteiger partial charge in [0.2, 0.25) is 0 Å². The van der Waals surface area contributed by atoms with E-state index in [4.69, 9.17) is 9.84 Å². The smallest absolute Gasteiger partial charge is 0.310 e. The van der Waals surface area contributed by atoms with Crippen molar-refractivity contribution in [3.63, 3.8) is 0 Å². The Hall–Kier alpha value is -3.79. The summed E-state index contributed by atoms with van der Waals surface area (Å²) in [5.41, 5.74) is 5.84. The first-order valence-electron chi connectivity index (χ1n) is 11.1. The molecule has 3 rings (SSSR count). The predicted octanol–water partition coefficient (Wildman–Crippen LogP) is 5.23. The van der Waals surface area contributed by atoms with Crippen molar-refractivity contribution in [3.05, 3.63) is 95.1 Å². The van der Waals surface area contributed by atoms with Gasteiger partial charge in [-0.3, -0.25) is 4.79 Å². The number of rotatable bonds is 6. The van der Waals surface area contributed by atoms with Gasteiger partial charge in [-0.05, 0) is 65.4 Å². The molecule has 0 unspecified atom stereocenters. The summed E-state index contributed by atoms with van der Waals surface area (Å²) in [4.78, 5) is 11.9. The van der Waals surface area contributed by atoms with Crippen LogP contribution in [-0.2, 0) is 16.0 Å². The molecule has 3 aromatic rings. The summed E-state index contributed by atoms with van der Waals surface area (Å²) in [5.74, 6) is 12.2. The molecule has 0 radical (unpaired) electrons. The van der Waals surface area contributed by atoms with Gasteiger partial charge < -0.3 is 9.84 Å². The zero-order valence-corrected chi connectivity index (χ0v) is 19.1. The predicted molar refractivity (Wildman–Crippen MR) is 132 cm³/mol. The first kappa shape index (κ1) is 23.9. The van der Waals surface area contributed by atoms with Crippen molar-refractivity contribution in [3.8, 4) is 34.8 Å².